The molecule has 1 atom stereocenters. The van der Waals surface area contributed by atoms with Crippen molar-refractivity contribution >= 4 is 5.57 Å². The fraction of sp³-hybridized carbons (Fsp3) is 0.436. The second kappa shape index (κ2) is 14.4. The smallest absolute Gasteiger partial charge is 0.166 e. The first kappa shape index (κ1) is 30.4. The molecular weight excluding hydrogens is 525 g/mol. The Balaban J connectivity index is 1.23. The van der Waals surface area contributed by atoms with Crippen LogP contribution in [0.1, 0.15) is 95.6 Å². The first-order valence-corrected chi connectivity index (χ1v) is 16.2. The molecule has 0 nitrogen and oxygen atoms in total. The van der Waals surface area contributed by atoms with Gasteiger partial charge in [-0.15, -0.1) is 0 Å². The summed E-state index contributed by atoms with van der Waals surface area (Å²) >= 11 is 0. The summed E-state index contributed by atoms with van der Waals surface area (Å²) in [6.45, 7) is 4.25. The second-order valence-electron chi connectivity index (χ2n) is 12.4. The maximum absolute atomic E-state index is 15.4. The third-order valence-corrected chi connectivity index (χ3v) is 9.71. The number of allylic oxidation sites excluding steroid dienone is 4. The minimum Gasteiger partial charge on any atom is -0.206 e. The molecule has 1 unspecified atom stereocenters. The zero-order valence-electron chi connectivity index (χ0n) is 25.3. The minimum atomic E-state index is -0.796. The Bertz CT molecular complexity index is 1390. The number of hydrogen-bond donors (Lipinski definition) is 0. The van der Waals surface area contributed by atoms with Crippen molar-refractivity contribution in [3.63, 3.8) is 0 Å². The number of aryl methyl sites for hydroxylation is 1. The molecule has 0 radical (unpaired) electrons. The molecular formula is C39H45F3. The molecule has 3 aromatic rings. The summed E-state index contributed by atoms with van der Waals surface area (Å²) in [5.41, 5.74) is 4.77. The molecule has 1 saturated carbocycles. The molecule has 0 amide bonds. The molecule has 0 saturated heterocycles. The average Bonchev–Trinajstić information content (AvgIpc) is 3.02. The molecule has 0 bridgehead atoms. The summed E-state index contributed by atoms with van der Waals surface area (Å²) < 4.78 is 45.1. The van der Waals surface area contributed by atoms with E-state index in [1.165, 1.54) is 25.7 Å². The zero-order chi connectivity index (χ0) is 29.5. The van der Waals surface area contributed by atoms with Gasteiger partial charge in [-0.2, -0.15) is 0 Å². The van der Waals surface area contributed by atoms with Gasteiger partial charge in [-0.25, -0.2) is 13.2 Å². The maximum atomic E-state index is 15.4. The molecule has 0 heterocycles. The van der Waals surface area contributed by atoms with E-state index in [0.717, 1.165) is 79.4 Å². The van der Waals surface area contributed by atoms with E-state index >= 15 is 4.39 Å². The van der Waals surface area contributed by atoms with Crippen LogP contribution in [0, 0.1) is 35.2 Å². The zero-order valence-corrected chi connectivity index (χ0v) is 25.3. The maximum Gasteiger partial charge on any atom is 0.166 e. The van der Waals surface area contributed by atoms with Crippen LogP contribution in [0.5, 0.6) is 0 Å². The third-order valence-electron chi connectivity index (χ3n) is 9.71. The minimum absolute atomic E-state index is 0.198. The Hall–Kier alpha value is -3.07. The largest absolute Gasteiger partial charge is 0.206 e. The number of rotatable bonds is 10. The first-order valence-electron chi connectivity index (χ1n) is 16.2. The van der Waals surface area contributed by atoms with Gasteiger partial charge in [-0.1, -0.05) is 92.9 Å². The molecule has 0 spiro atoms. The van der Waals surface area contributed by atoms with Gasteiger partial charge in [-0.3, -0.25) is 0 Å². The van der Waals surface area contributed by atoms with Gasteiger partial charge >= 0.3 is 0 Å². The molecule has 5 rings (SSSR count). The van der Waals surface area contributed by atoms with Crippen molar-refractivity contribution in [3.8, 4) is 22.3 Å². The molecule has 2 aliphatic carbocycles. The Morgan fingerprint density at radius 2 is 1.43 bits per heavy atom. The summed E-state index contributed by atoms with van der Waals surface area (Å²) in [5, 5.41) is 0. The molecule has 3 heteroatoms. The Morgan fingerprint density at radius 1 is 0.714 bits per heavy atom. The van der Waals surface area contributed by atoms with Gasteiger partial charge in [0.2, 0.25) is 0 Å². The lowest BCUT2D eigenvalue weighted by molar-refractivity contribution is 0.212. The van der Waals surface area contributed by atoms with Gasteiger partial charge in [0.15, 0.2) is 11.6 Å². The number of hydrogen-bond acceptors (Lipinski definition) is 0. The van der Waals surface area contributed by atoms with Crippen LogP contribution >= 0.6 is 0 Å². The lowest BCUT2D eigenvalue weighted by Gasteiger charge is -2.35. The topological polar surface area (TPSA) is 0 Å². The number of unbranched alkanes of at least 4 members (excludes halogenated alkanes) is 3. The quantitative estimate of drug-likeness (QED) is 0.168. The van der Waals surface area contributed by atoms with Crippen LogP contribution in [0.15, 0.2) is 72.8 Å². The van der Waals surface area contributed by atoms with E-state index in [1.807, 2.05) is 24.3 Å². The van der Waals surface area contributed by atoms with Gasteiger partial charge < -0.3 is 0 Å². The van der Waals surface area contributed by atoms with Crippen molar-refractivity contribution in [2.45, 2.75) is 90.9 Å². The summed E-state index contributed by atoms with van der Waals surface area (Å²) in [6, 6.07) is 16.1. The first-order chi connectivity index (χ1) is 20.5. The summed E-state index contributed by atoms with van der Waals surface area (Å²) in [6.07, 6.45) is 19.9. The highest BCUT2D eigenvalue weighted by atomic mass is 19.2. The van der Waals surface area contributed by atoms with Crippen LogP contribution in [0.4, 0.5) is 13.2 Å². The van der Waals surface area contributed by atoms with E-state index in [9.17, 15) is 8.78 Å². The molecule has 0 N–H and O–H groups in total. The summed E-state index contributed by atoms with van der Waals surface area (Å²) in [5.74, 6) is 0.543. The van der Waals surface area contributed by atoms with Crippen molar-refractivity contribution in [1.82, 2.24) is 0 Å². The van der Waals surface area contributed by atoms with Gasteiger partial charge in [0.1, 0.15) is 5.82 Å². The lowest BCUT2D eigenvalue weighted by atomic mass is 9.71. The molecule has 0 aliphatic heterocycles. The van der Waals surface area contributed by atoms with Crippen molar-refractivity contribution in [1.29, 1.82) is 0 Å². The number of halogens is 3. The standard InChI is InChI=1S/C39H45F3/c1-3-5-6-7-9-33-22-25-36(39(42)38(33)41)32-20-16-30(17-21-32)34-23-24-35(37(40)26-34)31-18-14-29(15-19-31)28-12-10-27(8-4-2)11-13-28/h4,8,16-18,20-29H,3,5-7,9-15,19H2,1-2H3. The highest BCUT2D eigenvalue weighted by Gasteiger charge is 2.28. The van der Waals surface area contributed by atoms with Crippen molar-refractivity contribution < 1.29 is 13.2 Å². The predicted octanol–water partition coefficient (Wildman–Crippen LogP) is 12.1. The van der Waals surface area contributed by atoms with Crippen LogP contribution in [0.25, 0.3) is 27.8 Å². The van der Waals surface area contributed by atoms with Crippen LogP contribution < -0.4 is 0 Å². The fourth-order valence-corrected chi connectivity index (χ4v) is 7.15. The highest BCUT2D eigenvalue weighted by molar-refractivity contribution is 5.74. The van der Waals surface area contributed by atoms with Gasteiger partial charge in [0.05, 0.1) is 0 Å². The van der Waals surface area contributed by atoms with Crippen molar-refractivity contribution in [3.05, 3.63) is 101 Å². The average molecular weight is 571 g/mol. The number of benzene rings is 3. The Morgan fingerprint density at radius 3 is 2.10 bits per heavy atom. The molecule has 42 heavy (non-hydrogen) atoms. The monoisotopic (exact) mass is 570 g/mol. The summed E-state index contributed by atoms with van der Waals surface area (Å²) in [4.78, 5) is 0. The van der Waals surface area contributed by atoms with E-state index in [0.29, 0.717) is 23.1 Å². The van der Waals surface area contributed by atoms with Crippen LogP contribution in [0.2, 0.25) is 0 Å². The normalized spacial score (nSPS) is 21.1. The highest BCUT2D eigenvalue weighted by Crippen LogP contribution is 2.42. The van der Waals surface area contributed by atoms with Gasteiger partial charge in [0, 0.05) is 11.1 Å². The van der Waals surface area contributed by atoms with Gasteiger partial charge in [-0.05, 0) is 116 Å². The summed E-state index contributed by atoms with van der Waals surface area (Å²) in [7, 11) is 0. The third kappa shape index (κ3) is 7.10. The molecule has 2 aliphatic rings. The Kier molecular flexibility index (Phi) is 10.4. The van der Waals surface area contributed by atoms with Crippen molar-refractivity contribution in [2.75, 3.05) is 0 Å². The van der Waals surface area contributed by atoms with Crippen LogP contribution in [-0.2, 0) is 6.42 Å². The fourth-order valence-electron chi connectivity index (χ4n) is 7.15. The van der Waals surface area contributed by atoms with Crippen LogP contribution in [-0.4, -0.2) is 0 Å². The van der Waals surface area contributed by atoms with E-state index < -0.39 is 11.6 Å². The van der Waals surface area contributed by atoms with E-state index in [-0.39, 0.29) is 11.4 Å². The lowest BCUT2D eigenvalue weighted by Crippen LogP contribution is -2.22. The molecule has 3 aromatic carbocycles. The Labute approximate surface area is 250 Å². The van der Waals surface area contributed by atoms with Crippen molar-refractivity contribution in [2.24, 2.45) is 17.8 Å². The van der Waals surface area contributed by atoms with E-state index in [2.05, 4.69) is 32.1 Å². The van der Waals surface area contributed by atoms with E-state index in [1.54, 1.807) is 30.3 Å². The molecule has 222 valence electrons. The predicted molar refractivity (Wildman–Crippen MR) is 171 cm³/mol. The molecule has 0 aromatic heterocycles. The SMILES string of the molecule is CC=CC1CCC(C2CC=C(c3ccc(-c4ccc(-c5ccc(CCCCCC)c(F)c5F)cc4)cc3F)CC2)CC1. The second-order valence-corrected chi connectivity index (χ2v) is 12.4. The van der Waals surface area contributed by atoms with Gasteiger partial charge in [0.25, 0.3) is 0 Å². The molecule has 1 fully saturated rings. The van der Waals surface area contributed by atoms with E-state index in [4.69, 9.17) is 0 Å². The van der Waals surface area contributed by atoms with Crippen LogP contribution in [0.3, 0.4) is 0 Å².